The molecule has 1 N–H and O–H groups in total. The zero-order valence-electron chi connectivity index (χ0n) is 16.0. The summed E-state index contributed by atoms with van der Waals surface area (Å²) in [4.78, 5) is 2.61. The van der Waals surface area contributed by atoms with E-state index in [1.807, 2.05) is 6.07 Å². The fourth-order valence-corrected chi connectivity index (χ4v) is 6.97. The quantitative estimate of drug-likeness (QED) is 0.798. The fraction of sp³-hybridized carbons (Fsp3) is 0.727. The minimum absolute atomic E-state index is 0.0998. The fourth-order valence-electron chi connectivity index (χ4n) is 6.97. The number of aliphatic hydroxyl groups excluding tert-OH is 1. The summed E-state index contributed by atoms with van der Waals surface area (Å²) >= 11 is 0. The lowest BCUT2D eigenvalue weighted by molar-refractivity contribution is -0.183. The van der Waals surface area contributed by atoms with E-state index >= 15 is 8.78 Å². The third-order valence-corrected chi connectivity index (χ3v) is 8.32. The number of piperidine rings is 1. The number of nitrogens with zero attached hydrogens (tertiary/aromatic N) is 1. The minimum Gasteiger partial charge on any atom is -0.479 e. The van der Waals surface area contributed by atoms with E-state index in [1.165, 1.54) is 19.3 Å². The van der Waals surface area contributed by atoms with Gasteiger partial charge in [0, 0.05) is 30.0 Å². The molecular weight excluding hydrogens is 364 g/mol. The average Bonchev–Trinajstić information content (AvgIpc) is 2.98. The number of likely N-dealkylation sites (tertiary alicyclic amines) is 1. The van der Waals surface area contributed by atoms with Gasteiger partial charge in [0.05, 0.1) is 0 Å². The van der Waals surface area contributed by atoms with E-state index in [0.29, 0.717) is 24.0 Å². The Balaban J connectivity index is 1.48. The van der Waals surface area contributed by atoms with Gasteiger partial charge in [-0.1, -0.05) is 12.5 Å². The maximum atomic E-state index is 15.1. The molecule has 1 saturated heterocycles. The molecular formula is C22H27F2NO3. The highest BCUT2D eigenvalue weighted by Gasteiger charge is 2.70. The molecule has 28 heavy (non-hydrogen) atoms. The first-order valence-corrected chi connectivity index (χ1v) is 10.7. The van der Waals surface area contributed by atoms with Crippen molar-refractivity contribution in [2.24, 2.45) is 11.8 Å². The van der Waals surface area contributed by atoms with Crippen LogP contribution < -0.4 is 9.47 Å². The number of benzene rings is 1. The summed E-state index contributed by atoms with van der Waals surface area (Å²) in [6, 6.07) is 4.13. The first-order valence-electron chi connectivity index (χ1n) is 10.7. The summed E-state index contributed by atoms with van der Waals surface area (Å²) in [6.07, 6.45) is 4.94. The largest absolute Gasteiger partial charge is 0.479 e. The second-order valence-corrected chi connectivity index (χ2v) is 9.46. The molecule has 0 radical (unpaired) electrons. The molecule has 2 aliphatic heterocycles. The third-order valence-electron chi connectivity index (χ3n) is 8.32. The normalized spacial score (nSPS) is 37.8. The van der Waals surface area contributed by atoms with E-state index in [9.17, 15) is 5.11 Å². The second-order valence-electron chi connectivity index (χ2n) is 9.46. The minimum atomic E-state index is -2.83. The van der Waals surface area contributed by atoms with E-state index in [4.69, 9.17) is 9.47 Å². The molecule has 2 saturated carbocycles. The van der Waals surface area contributed by atoms with Gasteiger partial charge < -0.3 is 14.6 Å². The predicted molar refractivity (Wildman–Crippen MR) is 98.9 cm³/mol. The number of hydrogen-bond acceptors (Lipinski definition) is 4. The van der Waals surface area contributed by atoms with Crippen LogP contribution in [0.4, 0.5) is 8.78 Å². The molecule has 1 aromatic carbocycles. The highest BCUT2D eigenvalue weighted by atomic mass is 19.3. The number of aliphatic hydroxyl groups is 1. The van der Waals surface area contributed by atoms with Gasteiger partial charge in [0.15, 0.2) is 24.4 Å². The van der Waals surface area contributed by atoms with Crippen LogP contribution in [0, 0.1) is 11.8 Å². The molecule has 6 rings (SSSR count). The van der Waals surface area contributed by atoms with Gasteiger partial charge in [-0.15, -0.1) is 0 Å². The van der Waals surface area contributed by atoms with Gasteiger partial charge in [-0.05, 0) is 62.1 Å². The van der Waals surface area contributed by atoms with Crippen molar-refractivity contribution in [3.63, 3.8) is 0 Å². The zero-order chi connectivity index (χ0) is 19.1. The Kier molecular flexibility index (Phi) is 3.63. The van der Waals surface area contributed by atoms with Crippen LogP contribution in [-0.2, 0) is 11.8 Å². The maximum Gasteiger partial charge on any atom is 0.285 e. The standard InChI is InChI=1S/C22H27F2NO3/c23-22(24)7-6-15-16-10-14-4-5-17(27-12-26)19-18(14)21(15,20(22)28-19)8-9-25(16)11-13-2-1-3-13/h4-5,13,15-16,20,26H,1-3,6-12H2/t15-,16+,20+,21-/m0/s1. The Labute approximate surface area is 163 Å². The lowest BCUT2D eigenvalue weighted by atomic mass is 9.51. The highest BCUT2D eigenvalue weighted by molar-refractivity contribution is 5.61. The first-order chi connectivity index (χ1) is 13.5. The molecule has 152 valence electrons. The highest BCUT2D eigenvalue weighted by Crippen LogP contribution is 2.66. The van der Waals surface area contributed by atoms with Crippen LogP contribution in [0.2, 0.25) is 0 Å². The summed E-state index contributed by atoms with van der Waals surface area (Å²) in [5, 5.41) is 9.24. The van der Waals surface area contributed by atoms with Gasteiger partial charge >= 0.3 is 0 Å². The van der Waals surface area contributed by atoms with Crippen molar-refractivity contribution in [1.82, 2.24) is 4.90 Å². The summed E-state index contributed by atoms with van der Waals surface area (Å²) in [6.45, 7) is 1.51. The molecule has 5 aliphatic rings. The second kappa shape index (κ2) is 5.82. The van der Waals surface area contributed by atoms with Gasteiger partial charge in [-0.25, -0.2) is 8.78 Å². The lowest BCUT2D eigenvalue weighted by Gasteiger charge is -2.60. The Bertz CT molecular complexity index is 811. The van der Waals surface area contributed by atoms with Gasteiger partial charge in [0.2, 0.25) is 0 Å². The molecule has 3 fully saturated rings. The number of halogens is 2. The molecule has 4 nitrogen and oxygen atoms in total. The van der Waals surface area contributed by atoms with Crippen LogP contribution in [-0.4, -0.2) is 48.0 Å². The van der Waals surface area contributed by atoms with E-state index < -0.39 is 24.2 Å². The van der Waals surface area contributed by atoms with Crippen LogP contribution in [0.5, 0.6) is 11.5 Å². The first kappa shape index (κ1) is 17.5. The van der Waals surface area contributed by atoms with Crippen molar-refractivity contribution in [2.45, 2.75) is 68.4 Å². The van der Waals surface area contributed by atoms with E-state index in [-0.39, 0.29) is 12.3 Å². The van der Waals surface area contributed by atoms with E-state index in [2.05, 4.69) is 4.90 Å². The summed E-state index contributed by atoms with van der Waals surface area (Å²) in [5.41, 5.74) is 1.49. The molecule has 0 aromatic heterocycles. The zero-order valence-corrected chi connectivity index (χ0v) is 16.0. The van der Waals surface area contributed by atoms with Crippen molar-refractivity contribution in [1.29, 1.82) is 0 Å². The van der Waals surface area contributed by atoms with Crippen LogP contribution >= 0.6 is 0 Å². The smallest absolute Gasteiger partial charge is 0.285 e. The molecule has 1 aromatic rings. The van der Waals surface area contributed by atoms with E-state index in [0.717, 1.165) is 43.0 Å². The Morgan fingerprint density at radius 2 is 2.07 bits per heavy atom. The molecule has 6 heteroatoms. The molecule has 1 spiro atoms. The summed E-state index contributed by atoms with van der Waals surface area (Å²) in [7, 11) is 0. The van der Waals surface area contributed by atoms with Crippen molar-refractivity contribution in [3.8, 4) is 11.5 Å². The number of rotatable bonds is 4. The topological polar surface area (TPSA) is 41.9 Å². The molecule has 3 aliphatic carbocycles. The average molecular weight is 391 g/mol. The SMILES string of the molecule is OCOc1ccc2c3c1O[C@H]1C(F)(F)CC[C@H]4[C@@H](C2)N(CC2CCC2)CC[C@@]341. The molecule has 0 amide bonds. The van der Waals surface area contributed by atoms with Crippen molar-refractivity contribution in [3.05, 3.63) is 23.3 Å². The van der Waals surface area contributed by atoms with Gasteiger partial charge in [0.25, 0.3) is 5.92 Å². The molecule has 0 unspecified atom stereocenters. The van der Waals surface area contributed by atoms with Crippen LogP contribution in [0.3, 0.4) is 0 Å². The van der Waals surface area contributed by atoms with Crippen LogP contribution in [0.15, 0.2) is 12.1 Å². The number of hydrogen-bond donors (Lipinski definition) is 1. The molecule has 2 bridgehead atoms. The van der Waals surface area contributed by atoms with Crippen molar-refractivity contribution >= 4 is 0 Å². The maximum absolute atomic E-state index is 15.1. The number of ether oxygens (including phenoxy) is 2. The Morgan fingerprint density at radius 3 is 2.82 bits per heavy atom. The van der Waals surface area contributed by atoms with Gasteiger partial charge in [0.1, 0.15) is 0 Å². The van der Waals surface area contributed by atoms with Crippen LogP contribution in [0.25, 0.3) is 0 Å². The van der Waals surface area contributed by atoms with Crippen molar-refractivity contribution in [2.75, 3.05) is 19.9 Å². The third kappa shape index (κ3) is 2.11. The monoisotopic (exact) mass is 391 g/mol. The van der Waals surface area contributed by atoms with Gasteiger partial charge in [-0.2, -0.15) is 0 Å². The summed E-state index contributed by atoms with van der Waals surface area (Å²) < 4.78 is 41.6. The Morgan fingerprint density at radius 1 is 1.21 bits per heavy atom. The lowest BCUT2D eigenvalue weighted by Crippen LogP contribution is -2.68. The Hall–Kier alpha value is -1.40. The van der Waals surface area contributed by atoms with Crippen molar-refractivity contribution < 1.29 is 23.4 Å². The molecule has 2 heterocycles. The summed E-state index contributed by atoms with van der Waals surface area (Å²) in [5.74, 6) is -0.971. The predicted octanol–water partition coefficient (Wildman–Crippen LogP) is 3.49. The molecule has 4 atom stereocenters. The number of alkyl halides is 2. The van der Waals surface area contributed by atoms with Gasteiger partial charge in [-0.3, -0.25) is 4.90 Å². The van der Waals surface area contributed by atoms with Crippen LogP contribution in [0.1, 0.15) is 49.7 Å². The van der Waals surface area contributed by atoms with E-state index in [1.54, 1.807) is 6.07 Å².